The number of carbonyl (C=O) groups excluding carboxylic acids is 1. The molecular formula is C16H19N3O3. The number of carboxylic acid groups (broad SMARTS) is 1. The van der Waals surface area contributed by atoms with Crippen molar-refractivity contribution in [3.05, 3.63) is 53.3 Å². The number of hydrogen-bond donors (Lipinski definition) is 1. The Labute approximate surface area is 129 Å². The fourth-order valence-corrected chi connectivity index (χ4v) is 2.19. The van der Waals surface area contributed by atoms with E-state index in [1.807, 2.05) is 27.1 Å². The molecule has 0 bridgehead atoms. The second kappa shape index (κ2) is 6.43. The molecule has 0 aliphatic rings. The second-order valence-corrected chi connectivity index (χ2v) is 5.44. The van der Waals surface area contributed by atoms with E-state index in [0.717, 1.165) is 5.56 Å². The Hall–Kier alpha value is -2.63. The number of rotatable bonds is 5. The van der Waals surface area contributed by atoms with E-state index in [4.69, 9.17) is 5.11 Å². The summed E-state index contributed by atoms with van der Waals surface area (Å²) in [6.07, 6.45) is 3.58. The Morgan fingerprint density at radius 2 is 2.00 bits per heavy atom. The minimum Gasteiger partial charge on any atom is -0.478 e. The molecule has 1 amide bonds. The first-order valence-electron chi connectivity index (χ1n) is 7.00. The van der Waals surface area contributed by atoms with Gasteiger partial charge in [-0.15, -0.1) is 0 Å². The number of nitrogens with zero attached hydrogens (tertiary/aromatic N) is 3. The van der Waals surface area contributed by atoms with Crippen molar-refractivity contribution in [2.24, 2.45) is 7.05 Å². The molecule has 0 radical (unpaired) electrons. The van der Waals surface area contributed by atoms with Crippen molar-refractivity contribution in [2.75, 3.05) is 0 Å². The number of aromatic carboxylic acids is 1. The highest BCUT2D eigenvalue weighted by atomic mass is 16.4. The van der Waals surface area contributed by atoms with Crippen LogP contribution in [0.3, 0.4) is 0 Å². The van der Waals surface area contributed by atoms with Crippen LogP contribution in [0, 0.1) is 0 Å². The van der Waals surface area contributed by atoms with Gasteiger partial charge in [0.15, 0.2) is 0 Å². The van der Waals surface area contributed by atoms with Crippen molar-refractivity contribution >= 4 is 11.9 Å². The average molecular weight is 301 g/mol. The van der Waals surface area contributed by atoms with Crippen molar-refractivity contribution in [1.29, 1.82) is 0 Å². The second-order valence-electron chi connectivity index (χ2n) is 5.44. The lowest BCUT2D eigenvalue weighted by molar-refractivity contribution is 0.0690. The van der Waals surface area contributed by atoms with E-state index in [9.17, 15) is 9.59 Å². The van der Waals surface area contributed by atoms with Crippen LogP contribution in [-0.4, -0.2) is 37.7 Å². The summed E-state index contributed by atoms with van der Waals surface area (Å²) in [5, 5.41) is 13.1. The largest absolute Gasteiger partial charge is 0.478 e. The molecule has 1 aromatic carbocycles. The van der Waals surface area contributed by atoms with Crippen LogP contribution >= 0.6 is 0 Å². The summed E-state index contributed by atoms with van der Waals surface area (Å²) < 4.78 is 1.68. The molecule has 6 nitrogen and oxygen atoms in total. The van der Waals surface area contributed by atoms with Gasteiger partial charge in [0.25, 0.3) is 5.91 Å². The first-order chi connectivity index (χ1) is 10.4. The number of amides is 1. The van der Waals surface area contributed by atoms with Crippen molar-refractivity contribution < 1.29 is 14.7 Å². The van der Waals surface area contributed by atoms with Crippen molar-refractivity contribution in [1.82, 2.24) is 14.7 Å². The maximum Gasteiger partial charge on any atom is 0.335 e. The maximum absolute atomic E-state index is 12.7. The Balaban J connectivity index is 2.26. The van der Waals surface area contributed by atoms with Crippen molar-refractivity contribution in [3.63, 3.8) is 0 Å². The summed E-state index contributed by atoms with van der Waals surface area (Å²) in [5.41, 5.74) is 1.41. The zero-order valence-electron chi connectivity index (χ0n) is 12.9. The van der Waals surface area contributed by atoms with Crippen LogP contribution in [0.15, 0.2) is 36.7 Å². The summed E-state index contributed by atoms with van der Waals surface area (Å²) >= 11 is 0. The molecule has 6 heteroatoms. The van der Waals surface area contributed by atoms with Gasteiger partial charge in [0.05, 0.1) is 11.8 Å². The minimum atomic E-state index is -1.04. The van der Waals surface area contributed by atoms with Crippen LogP contribution in [0.1, 0.15) is 40.1 Å². The standard InChI is InChI=1S/C16H19N3O3/c1-11(2)19(10-12-8-17-18(3)9-12)15(20)13-5-4-6-14(7-13)16(21)22/h4-9,11H,10H2,1-3H3,(H,21,22). The third-order valence-corrected chi connectivity index (χ3v) is 3.35. The Morgan fingerprint density at radius 3 is 2.55 bits per heavy atom. The summed E-state index contributed by atoms with van der Waals surface area (Å²) in [6.45, 7) is 4.28. The van der Waals surface area contributed by atoms with Gasteiger partial charge >= 0.3 is 5.97 Å². The zero-order valence-corrected chi connectivity index (χ0v) is 12.9. The number of hydrogen-bond acceptors (Lipinski definition) is 3. The number of carbonyl (C=O) groups is 2. The van der Waals surface area contributed by atoms with Crippen LogP contribution in [0.2, 0.25) is 0 Å². The maximum atomic E-state index is 12.7. The van der Waals surface area contributed by atoms with Crippen LogP contribution in [0.4, 0.5) is 0 Å². The fraction of sp³-hybridized carbons (Fsp3) is 0.312. The van der Waals surface area contributed by atoms with Gasteiger partial charge in [-0.25, -0.2) is 4.79 Å². The molecule has 22 heavy (non-hydrogen) atoms. The highest BCUT2D eigenvalue weighted by molar-refractivity contribution is 5.97. The normalized spacial score (nSPS) is 10.7. The predicted molar refractivity (Wildman–Crippen MR) is 81.6 cm³/mol. The molecule has 0 aliphatic heterocycles. The molecular weight excluding hydrogens is 282 g/mol. The number of benzene rings is 1. The average Bonchev–Trinajstić information content (AvgIpc) is 2.89. The lowest BCUT2D eigenvalue weighted by atomic mass is 10.1. The molecule has 0 atom stereocenters. The first kappa shape index (κ1) is 15.8. The van der Waals surface area contributed by atoms with E-state index < -0.39 is 5.97 Å². The summed E-state index contributed by atoms with van der Waals surface area (Å²) in [7, 11) is 1.82. The quantitative estimate of drug-likeness (QED) is 0.918. The van der Waals surface area contributed by atoms with Gasteiger partial charge in [0, 0.05) is 37.0 Å². The molecule has 2 aromatic rings. The Bertz CT molecular complexity index is 691. The van der Waals surface area contributed by atoms with Gasteiger partial charge in [-0.05, 0) is 32.0 Å². The van der Waals surface area contributed by atoms with Gasteiger partial charge in [-0.2, -0.15) is 5.10 Å². The highest BCUT2D eigenvalue weighted by Gasteiger charge is 2.20. The van der Waals surface area contributed by atoms with Crippen LogP contribution in [0.5, 0.6) is 0 Å². The predicted octanol–water partition coefficient (Wildman–Crippen LogP) is 2.17. The fourth-order valence-electron chi connectivity index (χ4n) is 2.19. The molecule has 2 rings (SSSR count). The molecule has 1 N–H and O–H groups in total. The first-order valence-corrected chi connectivity index (χ1v) is 7.00. The van der Waals surface area contributed by atoms with Crippen LogP contribution in [-0.2, 0) is 13.6 Å². The molecule has 116 valence electrons. The molecule has 0 spiro atoms. The molecule has 0 fully saturated rings. The highest BCUT2D eigenvalue weighted by Crippen LogP contribution is 2.14. The molecule has 0 aliphatic carbocycles. The van der Waals surface area contributed by atoms with E-state index >= 15 is 0 Å². The van der Waals surface area contributed by atoms with Gasteiger partial charge in [0.2, 0.25) is 0 Å². The Morgan fingerprint density at radius 1 is 1.32 bits per heavy atom. The third kappa shape index (κ3) is 3.52. The van der Waals surface area contributed by atoms with Gasteiger partial charge in [-0.3, -0.25) is 9.48 Å². The van der Waals surface area contributed by atoms with E-state index in [0.29, 0.717) is 12.1 Å². The lowest BCUT2D eigenvalue weighted by Crippen LogP contribution is -2.36. The number of aromatic nitrogens is 2. The van der Waals surface area contributed by atoms with Crippen LogP contribution < -0.4 is 0 Å². The molecule has 0 unspecified atom stereocenters. The van der Waals surface area contributed by atoms with Crippen molar-refractivity contribution in [3.8, 4) is 0 Å². The lowest BCUT2D eigenvalue weighted by Gasteiger charge is -2.26. The summed E-state index contributed by atoms with van der Waals surface area (Å²) in [5.74, 6) is -1.24. The summed E-state index contributed by atoms with van der Waals surface area (Å²) in [4.78, 5) is 25.4. The molecule has 1 aromatic heterocycles. The van der Waals surface area contributed by atoms with Gasteiger partial charge in [-0.1, -0.05) is 6.07 Å². The van der Waals surface area contributed by atoms with E-state index in [2.05, 4.69) is 5.10 Å². The topological polar surface area (TPSA) is 75.4 Å². The van der Waals surface area contributed by atoms with Gasteiger partial charge < -0.3 is 10.0 Å². The molecule has 1 heterocycles. The van der Waals surface area contributed by atoms with Crippen molar-refractivity contribution in [2.45, 2.75) is 26.4 Å². The number of aryl methyl sites for hydroxylation is 1. The van der Waals surface area contributed by atoms with E-state index in [-0.39, 0.29) is 17.5 Å². The van der Waals surface area contributed by atoms with Crippen LogP contribution in [0.25, 0.3) is 0 Å². The molecule has 0 saturated heterocycles. The molecule has 0 saturated carbocycles. The van der Waals surface area contributed by atoms with E-state index in [1.165, 1.54) is 12.1 Å². The monoisotopic (exact) mass is 301 g/mol. The minimum absolute atomic E-state index is 0.0128. The zero-order chi connectivity index (χ0) is 16.3. The van der Waals surface area contributed by atoms with E-state index in [1.54, 1.807) is 27.9 Å². The van der Waals surface area contributed by atoms with Gasteiger partial charge in [0.1, 0.15) is 0 Å². The number of carboxylic acids is 1. The SMILES string of the molecule is CC(C)N(Cc1cnn(C)c1)C(=O)c1cccc(C(=O)O)c1. The smallest absolute Gasteiger partial charge is 0.335 e. The summed E-state index contributed by atoms with van der Waals surface area (Å²) in [6, 6.07) is 6.08. The third-order valence-electron chi connectivity index (χ3n) is 3.35. The Kier molecular flexibility index (Phi) is 4.60.